The molecule has 1 aromatic carbocycles. The van der Waals surface area contributed by atoms with Crippen molar-refractivity contribution in [1.82, 2.24) is 10.2 Å². The van der Waals surface area contributed by atoms with Crippen molar-refractivity contribution < 1.29 is 9.53 Å². The molecule has 2 heterocycles. The minimum absolute atomic E-state index is 0.0666. The highest BCUT2D eigenvalue weighted by atomic mass is 16.5. The zero-order chi connectivity index (χ0) is 18.2. The highest BCUT2D eigenvalue weighted by molar-refractivity contribution is 5.83. The van der Waals surface area contributed by atoms with Gasteiger partial charge in [-0.25, -0.2) is 0 Å². The number of rotatable bonds is 6. The summed E-state index contributed by atoms with van der Waals surface area (Å²) in [6.07, 6.45) is 6.79. The maximum absolute atomic E-state index is 12.6. The molecule has 2 aliphatic heterocycles. The van der Waals surface area contributed by atoms with Gasteiger partial charge in [0.2, 0.25) is 5.91 Å². The molecule has 0 spiro atoms. The Hall–Kier alpha value is -1.43. The van der Waals surface area contributed by atoms with Gasteiger partial charge in [-0.3, -0.25) is 9.69 Å². The summed E-state index contributed by atoms with van der Waals surface area (Å²) in [5, 5.41) is 3.08. The number of nitrogens with one attached hydrogen (secondary N) is 1. The summed E-state index contributed by atoms with van der Waals surface area (Å²) in [6, 6.07) is 8.65. The summed E-state index contributed by atoms with van der Waals surface area (Å²) in [6.45, 7) is 5.64. The molecule has 1 amide bonds. The molecule has 5 nitrogen and oxygen atoms in total. The van der Waals surface area contributed by atoms with Crippen molar-refractivity contribution >= 4 is 5.91 Å². The molecule has 0 saturated carbocycles. The number of nitrogens with zero attached hydrogens (tertiary/aromatic N) is 1. The topological polar surface area (TPSA) is 67.6 Å². The van der Waals surface area contributed by atoms with Crippen LogP contribution < -0.4 is 11.1 Å². The molecule has 0 radical (unpaired) electrons. The van der Waals surface area contributed by atoms with E-state index in [1.165, 1.54) is 44.3 Å². The van der Waals surface area contributed by atoms with Crippen molar-refractivity contribution in [3.05, 3.63) is 35.4 Å². The van der Waals surface area contributed by atoms with E-state index in [0.717, 1.165) is 12.1 Å². The van der Waals surface area contributed by atoms with E-state index in [1.54, 1.807) is 0 Å². The third-order valence-electron chi connectivity index (χ3n) is 5.90. The Kier molecular flexibility index (Phi) is 7.06. The molecule has 144 valence electrons. The lowest BCUT2D eigenvalue weighted by Crippen LogP contribution is -2.48. The van der Waals surface area contributed by atoms with Crippen LogP contribution >= 0.6 is 0 Å². The van der Waals surface area contributed by atoms with Gasteiger partial charge in [0, 0.05) is 32.8 Å². The molecule has 0 aromatic heterocycles. The molecule has 26 heavy (non-hydrogen) atoms. The molecule has 0 unspecified atom stereocenters. The molecule has 0 atom stereocenters. The normalized spacial score (nSPS) is 21.1. The number of carbonyl (C=O) groups excluding carboxylic acids is 1. The van der Waals surface area contributed by atoms with Crippen LogP contribution in [0.1, 0.15) is 49.7 Å². The maximum Gasteiger partial charge on any atom is 0.227 e. The van der Waals surface area contributed by atoms with Crippen LogP contribution in [0.5, 0.6) is 0 Å². The number of carbonyl (C=O) groups is 1. The first kappa shape index (κ1) is 19.3. The standard InChI is InChI=1S/C21H33N3O2/c22-17-21(9-13-26-14-10-21)20(25)23-15-18-5-7-19(8-6-18)16-24-11-3-1-2-4-12-24/h5-8H,1-4,9-17,22H2,(H,23,25). The van der Waals surface area contributed by atoms with Gasteiger partial charge in [0.15, 0.2) is 0 Å². The summed E-state index contributed by atoms with van der Waals surface area (Å²) in [4.78, 5) is 15.2. The van der Waals surface area contributed by atoms with Crippen LogP contribution in [0.3, 0.4) is 0 Å². The van der Waals surface area contributed by atoms with Gasteiger partial charge in [0.05, 0.1) is 5.41 Å². The summed E-state index contributed by atoms with van der Waals surface area (Å²) in [5.41, 5.74) is 7.94. The summed E-state index contributed by atoms with van der Waals surface area (Å²) in [7, 11) is 0. The van der Waals surface area contributed by atoms with Crippen molar-refractivity contribution in [1.29, 1.82) is 0 Å². The Balaban J connectivity index is 1.50. The van der Waals surface area contributed by atoms with E-state index < -0.39 is 5.41 Å². The molecule has 3 rings (SSSR count). The van der Waals surface area contributed by atoms with Gasteiger partial charge < -0.3 is 15.8 Å². The van der Waals surface area contributed by atoms with Crippen molar-refractivity contribution in [2.24, 2.45) is 11.1 Å². The molecule has 2 saturated heterocycles. The molecule has 5 heteroatoms. The fourth-order valence-corrected chi connectivity index (χ4v) is 3.97. The lowest BCUT2D eigenvalue weighted by Gasteiger charge is -2.34. The van der Waals surface area contributed by atoms with Gasteiger partial charge in [-0.1, -0.05) is 37.1 Å². The Morgan fingerprint density at radius 1 is 1.04 bits per heavy atom. The lowest BCUT2D eigenvalue weighted by atomic mass is 9.79. The monoisotopic (exact) mass is 359 g/mol. The quantitative estimate of drug-likeness (QED) is 0.819. The minimum Gasteiger partial charge on any atom is -0.381 e. The first-order chi connectivity index (χ1) is 12.7. The zero-order valence-corrected chi connectivity index (χ0v) is 15.8. The van der Waals surface area contributed by atoms with Crippen LogP contribution in [0, 0.1) is 5.41 Å². The zero-order valence-electron chi connectivity index (χ0n) is 15.8. The molecule has 2 aliphatic rings. The molecular formula is C21H33N3O2. The van der Waals surface area contributed by atoms with E-state index in [1.807, 2.05) is 0 Å². The number of hydrogen-bond donors (Lipinski definition) is 2. The molecule has 2 fully saturated rings. The van der Waals surface area contributed by atoms with Gasteiger partial charge >= 0.3 is 0 Å². The highest BCUT2D eigenvalue weighted by Crippen LogP contribution is 2.29. The van der Waals surface area contributed by atoms with E-state index in [0.29, 0.717) is 39.1 Å². The second-order valence-electron chi connectivity index (χ2n) is 7.79. The summed E-state index contributed by atoms with van der Waals surface area (Å²) < 4.78 is 5.38. The van der Waals surface area contributed by atoms with Gasteiger partial charge in [-0.05, 0) is 49.9 Å². The van der Waals surface area contributed by atoms with Crippen LogP contribution in [0.25, 0.3) is 0 Å². The van der Waals surface area contributed by atoms with Crippen LogP contribution in [0.15, 0.2) is 24.3 Å². The Labute approximate surface area is 157 Å². The molecule has 1 aromatic rings. The van der Waals surface area contributed by atoms with Crippen molar-refractivity contribution in [3.63, 3.8) is 0 Å². The van der Waals surface area contributed by atoms with Crippen LogP contribution in [0.4, 0.5) is 0 Å². The fourth-order valence-electron chi connectivity index (χ4n) is 3.97. The minimum atomic E-state index is -0.453. The summed E-state index contributed by atoms with van der Waals surface area (Å²) in [5.74, 6) is 0.0666. The van der Waals surface area contributed by atoms with Crippen LogP contribution in [-0.4, -0.2) is 43.7 Å². The number of likely N-dealkylation sites (tertiary alicyclic amines) is 1. The Bertz CT molecular complexity index is 559. The fraction of sp³-hybridized carbons (Fsp3) is 0.667. The van der Waals surface area contributed by atoms with Crippen molar-refractivity contribution in [2.75, 3.05) is 32.8 Å². The predicted molar refractivity (Wildman–Crippen MR) is 104 cm³/mol. The van der Waals surface area contributed by atoms with Crippen molar-refractivity contribution in [2.45, 2.75) is 51.6 Å². The van der Waals surface area contributed by atoms with Crippen molar-refractivity contribution in [3.8, 4) is 0 Å². The first-order valence-electron chi connectivity index (χ1n) is 10.1. The Morgan fingerprint density at radius 3 is 2.27 bits per heavy atom. The SMILES string of the molecule is NCC1(C(=O)NCc2ccc(CN3CCCCCC3)cc2)CCOCC1. The second kappa shape index (κ2) is 9.49. The van der Waals surface area contributed by atoms with Crippen LogP contribution in [0.2, 0.25) is 0 Å². The highest BCUT2D eigenvalue weighted by Gasteiger charge is 2.38. The molecule has 3 N–H and O–H groups in total. The number of hydrogen-bond acceptors (Lipinski definition) is 4. The maximum atomic E-state index is 12.6. The van der Waals surface area contributed by atoms with E-state index in [-0.39, 0.29) is 5.91 Å². The third-order valence-corrected chi connectivity index (χ3v) is 5.90. The smallest absolute Gasteiger partial charge is 0.227 e. The van der Waals surface area contributed by atoms with E-state index >= 15 is 0 Å². The Morgan fingerprint density at radius 2 is 1.65 bits per heavy atom. The predicted octanol–water partition coefficient (Wildman–Crippen LogP) is 2.43. The third kappa shape index (κ3) is 5.06. The summed E-state index contributed by atoms with van der Waals surface area (Å²) >= 11 is 0. The number of amides is 1. The molecule has 0 aliphatic carbocycles. The molecule has 0 bridgehead atoms. The van der Waals surface area contributed by atoms with Gasteiger partial charge in [-0.15, -0.1) is 0 Å². The van der Waals surface area contributed by atoms with Gasteiger partial charge in [-0.2, -0.15) is 0 Å². The first-order valence-corrected chi connectivity index (χ1v) is 10.1. The number of benzene rings is 1. The number of ether oxygens (including phenoxy) is 1. The molecular weight excluding hydrogens is 326 g/mol. The average Bonchev–Trinajstić information content (AvgIpc) is 2.96. The largest absolute Gasteiger partial charge is 0.381 e. The van der Waals surface area contributed by atoms with Crippen LogP contribution in [-0.2, 0) is 22.6 Å². The van der Waals surface area contributed by atoms with Gasteiger partial charge in [0.1, 0.15) is 0 Å². The lowest BCUT2D eigenvalue weighted by molar-refractivity contribution is -0.136. The van der Waals surface area contributed by atoms with E-state index in [4.69, 9.17) is 10.5 Å². The van der Waals surface area contributed by atoms with Gasteiger partial charge in [0.25, 0.3) is 0 Å². The van der Waals surface area contributed by atoms with E-state index in [9.17, 15) is 4.79 Å². The number of nitrogens with two attached hydrogens (primary N) is 1. The second-order valence-corrected chi connectivity index (χ2v) is 7.79. The van der Waals surface area contributed by atoms with E-state index in [2.05, 4.69) is 34.5 Å². The average molecular weight is 360 g/mol.